The molecule has 1 aromatic carbocycles. The molecule has 0 atom stereocenters. The third-order valence-corrected chi connectivity index (χ3v) is 6.68. The van der Waals surface area contributed by atoms with Crippen LogP contribution in [0, 0.1) is 0 Å². The van der Waals surface area contributed by atoms with Crippen molar-refractivity contribution >= 4 is 40.0 Å². The van der Waals surface area contributed by atoms with Crippen molar-refractivity contribution in [1.82, 2.24) is 19.5 Å². The minimum Gasteiger partial charge on any atom is -0.477 e. The Morgan fingerprint density at radius 1 is 1.03 bits per heavy atom. The highest BCUT2D eigenvalue weighted by Gasteiger charge is 2.24. The third kappa shape index (κ3) is 3.28. The van der Waals surface area contributed by atoms with Crippen LogP contribution in [0.2, 0.25) is 5.02 Å². The summed E-state index contributed by atoms with van der Waals surface area (Å²) in [6, 6.07) is 7.27. The second-order valence-electron chi connectivity index (χ2n) is 8.41. The average molecular weight is 475 g/mol. The molecule has 4 aromatic rings. The summed E-state index contributed by atoms with van der Waals surface area (Å²) >= 11 is 6.62. The largest absolute Gasteiger partial charge is 0.477 e. The van der Waals surface area contributed by atoms with Gasteiger partial charge in [0.1, 0.15) is 11.4 Å². The van der Waals surface area contributed by atoms with Crippen LogP contribution in [0.1, 0.15) is 28.0 Å². The molecule has 170 valence electrons. The molecule has 9 nitrogen and oxygen atoms in total. The molecule has 2 aliphatic heterocycles. The van der Waals surface area contributed by atoms with E-state index >= 15 is 0 Å². The van der Waals surface area contributed by atoms with E-state index < -0.39 is 11.4 Å². The summed E-state index contributed by atoms with van der Waals surface area (Å²) in [5.41, 5.74) is 2.37. The monoisotopic (exact) mass is 474 g/mol. The number of anilines is 2. The fraction of sp³-hybridized carbons (Fsp3) is 0.208. The van der Waals surface area contributed by atoms with Crippen LogP contribution in [0.25, 0.3) is 16.7 Å². The molecular weight excluding hydrogens is 456 g/mol. The molecule has 0 unspecified atom stereocenters. The zero-order chi connectivity index (χ0) is 23.4. The van der Waals surface area contributed by atoms with Crippen molar-refractivity contribution in [2.45, 2.75) is 19.5 Å². The van der Waals surface area contributed by atoms with Crippen molar-refractivity contribution < 1.29 is 9.90 Å². The molecule has 1 N–H and O–H groups in total. The maximum Gasteiger partial charge on any atom is 0.341 e. The Bertz CT molecular complexity index is 1490. The first-order valence-electron chi connectivity index (χ1n) is 10.9. The lowest BCUT2D eigenvalue weighted by molar-refractivity contribution is 0.0695. The van der Waals surface area contributed by atoms with Gasteiger partial charge in [-0.1, -0.05) is 17.7 Å². The number of aromatic carboxylic acids is 1. The molecule has 0 bridgehead atoms. The van der Waals surface area contributed by atoms with Crippen molar-refractivity contribution in [3.05, 3.63) is 81.1 Å². The Morgan fingerprint density at radius 2 is 1.82 bits per heavy atom. The molecular formula is C24H19ClN6O3. The smallest absolute Gasteiger partial charge is 0.341 e. The molecule has 34 heavy (non-hydrogen) atoms. The van der Waals surface area contributed by atoms with E-state index in [1.165, 1.54) is 12.3 Å². The molecule has 1 saturated heterocycles. The standard InChI is InChI=1S/C24H19ClN6O3/c25-17-7-15-19(8-20(17)30-11-14-3-1-4-26-18(14)13-30)31(12-16(23(15)32)24(33)34)22-10-27-21(9-28-22)29-5-2-6-29/h1,3-4,7-10,12H,2,5-6,11,13H2,(H,33,34). The number of hydrogen-bond donors (Lipinski definition) is 1. The van der Waals surface area contributed by atoms with Crippen LogP contribution in [0.5, 0.6) is 0 Å². The van der Waals surface area contributed by atoms with E-state index in [0.29, 0.717) is 29.4 Å². The number of carboxylic acids is 1. The number of carboxylic acid groups (broad SMARTS) is 1. The number of benzene rings is 1. The van der Waals surface area contributed by atoms with E-state index in [9.17, 15) is 14.7 Å². The van der Waals surface area contributed by atoms with Crippen LogP contribution in [0.3, 0.4) is 0 Å². The van der Waals surface area contributed by atoms with Gasteiger partial charge in [-0.15, -0.1) is 0 Å². The summed E-state index contributed by atoms with van der Waals surface area (Å²) in [5.74, 6) is -0.131. The number of carbonyl (C=O) groups is 1. The molecule has 3 aromatic heterocycles. The van der Waals surface area contributed by atoms with Gasteiger partial charge >= 0.3 is 5.97 Å². The van der Waals surface area contributed by atoms with Gasteiger partial charge in [0.05, 0.1) is 40.9 Å². The van der Waals surface area contributed by atoms with Crippen molar-refractivity contribution in [2.24, 2.45) is 0 Å². The first kappa shape index (κ1) is 20.6. The Balaban J connectivity index is 1.51. The van der Waals surface area contributed by atoms with Gasteiger partial charge in [-0.25, -0.2) is 14.8 Å². The van der Waals surface area contributed by atoms with Gasteiger partial charge in [0.2, 0.25) is 5.43 Å². The Labute approximate surface area is 198 Å². The molecule has 0 spiro atoms. The predicted molar refractivity (Wildman–Crippen MR) is 128 cm³/mol. The molecule has 0 aliphatic carbocycles. The number of fused-ring (bicyclic) bond motifs is 2. The molecule has 10 heteroatoms. The third-order valence-electron chi connectivity index (χ3n) is 6.38. The lowest BCUT2D eigenvalue weighted by atomic mass is 10.1. The van der Waals surface area contributed by atoms with E-state index in [1.807, 2.05) is 18.2 Å². The van der Waals surface area contributed by atoms with Crippen molar-refractivity contribution in [2.75, 3.05) is 22.9 Å². The first-order valence-corrected chi connectivity index (χ1v) is 11.2. The Hall–Kier alpha value is -3.98. The maximum atomic E-state index is 13.0. The molecule has 5 heterocycles. The van der Waals surface area contributed by atoms with Gasteiger partial charge in [-0.3, -0.25) is 14.3 Å². The quantitative estimate of drug-likeness (QED) is 0.480. The minimum absolute atomic E-state index is 0.206. The molecule has 1 fully saturated rings. The summed E-state index contributed by atoms with van der Waals surface area (Å²) in [6.07, 6.45) is 7.44. The van der Waals surface area contributed by atoms with Crippen LogP contribution in [-0.4, -0.2) is 43.7 Å². The van der Waals surface area contributed by atoms with Crippen LogP contribution in [0.15, 0.2) is 53.8 Å². The summed E-state index contributed by atoms with van der Waals surface area (Å²) in [5, 5.41) is 10.2. The van der Waals surface area contributed by atoms with E-state index in [4.69, 9.17) is 11.6 Å². The highest BCUT2D eigenvalue weighted by atomic mass is 35.5. The lowest BCUT2D eigenvalue weighted by Crippen LogP contribution is -2.37. The second kappa shape index (κ2) is 7.81. The zero-order valence-electron chi connectivity index (χ0n) is 18.0. The number of halogens is 1. The van der Waals surface area contributed by atoms with Gasteiger partial charge in [0.15, 0.2) is 5.82 Å². The van der Waals surface area contributed by atoms with Crippen LogP contribution in [-0.2, 0) is 13.1 Å². The van der Waals surface area contributed by atoms with Crippen LogP contribution >= 0.6 is 11.6 Å². The SMILES string of the molecule is O=C(O)c1cn(-c2cnc(N3CCC3)cn2)c2cc(N3Cc4cccnc4C3)c(Cl)cc2c1=O. The van der Waals surface area contributed by atoms with Crippen LogP contribution in [0.4, 0.5) is 11.5 Å². The summed E-state index contributed by atoms with van der Waals surface area (Å²) in [7, 11) is 0. The van der Waals surface area contributed by atoms with Gasteiger partial charge in [0, 0.05) is 37.4 Å². The number of hydrogen-bond acceptors (Lipinski definition) is 7. The van der Waals surface area contributed by atoms with E-state index in [1.54, 1.807) is 23.2 Å². The summed E-state index contributed by atoms with van der Waals surface area (Å²) < 4.78 is 1.59. The number of pyridine rings is 2. The molecule has 0 radical (unpaired) electrons. The molecule has 6 rings (SSSR count). The van der Waals surface area contributed by atoms with Gasteiger partial charge < -0.3 is 14.9 Å². The van der Waals surface area contributed by atoms with E-state index in [-0.39, 0.29) is 10.9 Å². The zero-order valence-corrected chi connectivity index (χ0v) is 18.7. The van der Waals surface area contributed by atoms with Crippen molar-refractivity contribution in [3.63, 3.8) is 0 Å². The first-order chi connectivity index (χ1) is 16.5. The highest BCUT2D eigenvalue weighted by Crippen LogP contribution is 2.35. The highest BCUT2D eigenvalue weighted by molar-refractivity contribution is 6.34. The molecule has 0 amide bonds. The predicted octanol–water partition coefficient (Wildman–Crippen LogP) is 3.26. The van der Waals surface area contributed by atoms with E-state index in [2.05, 4.69) is 24.8 Å². The fourth-order valence-electron chi connectivity index (χ4n) is 4.44. The maximum absolute atomic E-state index is 13.0. The number of nitrogens with zero attached hydrogens (tertiary/aromatic N) is 6. The summed E-state index contributed by atoms with van der Waals surface area (Å²) in [6.45, 7) is 3.10. The van der Waals surface area contributed by atoms with Crippen molar-refractivity contribution in [3.8, 4) is 5.82 Å². The van der Waals surface area contributed by atoms with Crippen LogP contribution < -0.4 is 15.2 Å². The van der Waals surface area contributed by atoms with Crippen molar-refractivity contribution in [1.29, 1.82) is 0 Å². The Kier molecular flexibility index (Phi) is 4.73. The topological polar surface area (TPSA) is 104 Å². The summed E-state index contributed by atoms with van der Waals surface area (Å²) in [4.78, 5) is 42.5. The number of rotatable bonds is 4. The molecule has 2 aliphatic rings. The van der Waals surface area contributed by atoms with Gasteiger partial charge in [-0.2, -0.15) is 0 Å². The van der Waals surface area contributed by atoms with Gasteiger partial charge in [-0.05, 0) is 30.2 Å². The average Bonchev–Trinajstić information content (AvgIpc) is 3.23. The van der Waals surface area contributed by atoms with Gasteiger partial charge in [0.25, 0.3) is 0 Å². The molecule has 0 saturated carbocycles. The lowest BCUT2D eigenvalue weighted by Gasteiger charge is -2.31. The fourth-order valence-corrected chi connectivity index (χ4v) is 4.72. The number of aromatic nitrogens is 4. The normalized spacial score (nSPS) is 14.9. The Morgan fingerprint density at radius 3 is 2.50 bits per heavy atom. The second-order valence-corrected chi connectivity index (χ2v) is 8.81. The minimum atomic E-state index is -1.31. The van der Waals surface area contributed by atoms with E-state index in [0.717, 1.165) is 42.3 Å².